The van der Waals surface area contributed by atoms with Gasteiger partial charge in [-0.15, -0.1) is 0 Å². The number of nitrogens with one attached hydrogen (secondary N) is 1. The highest BCUT2D eigenvalue weighted by atomic mass is 35.5. The number of aryl methyl sites for hydroxylation is 1. The van der Waals surface area contributed by atoms with Gasteiger partial charge < -0.3 is 10.2 Å². The summed E-state index contributed by atoms with van der Waals surface area (Å²) >= 11 is 12.6. The summed E-state index contributed by atoms with van der Waals surface area (Å²) in [4.78, 5) is 28.3. The second-order valence-corrected chi connectivity index (χ2v) is 13.2. The number of rotatable bonds is 9. The van der Waals surface area contributed by atoms with Crippen molar-refractivity contribution < 1.29 is 22.4 Å². The number of benzene rings is 3. The van der Waals surface area contributed by atoms with Gasteiger partial charge in [0.1, 0.15) is 18.4 Å². The number of sulfonamides is 1. The molecule has 3 rings (SSSR count). The molecule has 3 aromatic carbocycles. The monoisotopic (exact) mass is 607 g/mol. The van der Waals surface area contributed by atoms with Crippen LogP contribution in [0.4, 0.5) is 10.1 Å². The van der Waals surface area contributed by atoms with Crippen molar-refractivity contribution in [1.82, 2.24) is 10.2 Å². The van der Waals surface area contributed by atoms with Crippen molar-refractivity contribution in [2.75, 3.05) is 10.8 Å². The van der Waals surface area contributed by atoms with Gasteiger partial charge in [0.05, 0.1) is 15.6 Å². The standard InChI is InChI=1S/C29H32Cl2FN3O4S/c1-19-6-13-24(14-7-19)40(38,39)35(26-16-22(30)10-15-25(26)31)18-27(36)34(17-21-8-11-23(32)12-9-21)20(2)28(37)33-29(3,4)5/h6-16,20H,17-18H2,1-5H3,(H,33,37)/t20-/m1/s1. The van der Waals surface area contributed by atoms with Gasteiger partial charge in [0, 0.05) is 17.1 Å². The fourth-order valence-electron chi connectivity index (χ4n) is 3.87. The molecule has 0 saturated heterocycles. The summed E-state index contributed by atoms with van der Waals surface area (Å²) in [5, 5.41) is 3.13. The zero-order chi connectivity index (χ0) is 29.8. The minimum absolute atomic E-state index is 0.0108. The van der Waals surface area contributed by atoms with E-state index >= 15 is 0 Å². The Morgan fingerprint density at radius 2 is 1.57 bits per heavy atom. The lowest BCUT2D eigenvalue weighted by Gasteiger charge is -2.33. The number of hydrogen-bond donors (Lipinski definition) is 1. The van der Waals surface area contributed by atoms with Crippen LogP contribution in [0, 0.1) is 12.7 Å². The highest BCUT2D eigenvalue weighted by Crippen LogP contribution is 2.33. The second kappa shape index (κ2) is 12.6. The van der Waals surface area contributed by atoms with Gasteiger partial charge in [-0.2, -0.15) is 0 Å². The zero-order valence-corrected chi connectivity index (χ0v) is 25.2. The van der Waals surface area contributed by atoms with E-state index in [2.05, 4.69) is 5.32 Å². The molecule has 214 valence electrons. The van der Waals surface area contributed by atoms with Crippen molar-refractivity contribution in [3.05, 3.63) is 93.7 Å². The van der Waals surface area contributed by atoms with Gasteiger partial charge in [0.25, 0.3) is 10.0 Å². The fourth-order valence-corrected chi connectivity index (χ4v) is 5.73. The highest BCUT2D eigenvalue weighted by molar-refractivity contribution is 7.92. The number of halogens is 3. The molecule has 0 aromatic heterocycles. The third kappa shape index (κ3) is 7.96. The lowest BCUT2D eigenvalue weighted by molar-refractivity contribution is -0.140. The minimum Gasteiger partial charge on any atom is -0.350 e. The van der Waals surface area contributed by atoms with Gasteiger partial charge >= 0.3 is 0 Å². The molecule has 11 heteroatoms. The molecule has 2 amide bonds. The average Bonchev–Trinajstić information content (AvgIpc) is 2.87. The van der Waals surface area contributed by atoms with Crippen molar-refractivity contribution in [3.8, 4) is 0 Å². The predicted octanol–water partition coefficient (Wildman–Crippen LogP) is 5.97. The molecule has 0 fully saturated rings. The van der Waals surface area contributed by atoms with E-state index in [9.17, 15) is 22.4 Å². The third-order valence-corrected chi connectivity index (χ3v) is 8.33. The van der Waals surface area contributed by atoms with Crippen LogP contribution in [0.15, 0.2) is 71.6 Å². The summed E-state index contributed by atoms with van der Waals surface area (Å²) < 4.78 is 42.2. The molecule has 0 unspecified atom stereocenters. The van der Waals surface area contributed by atoms with Crippen molar-refractivity contribution in [2.24, 2.45) is 0 Å². The number of anilines is 1. The molecule has 0 radical (unpaired) electrons. The summed E-state index contributed by atoms with van der Waals surface area (Å²) in [7, 11) is -4.30. The molecular weight excluding hydrogens is 576 g/mol. The van der Waals surface area contributed by atoms with E-state index in [0.717, 1.165) is 9.87 Å². The number of carbonyl (C=O) groups excluding carboxylic acids is 2. The third-order valence-electron chi connectivity index (χ3n) is 6.00. The van der Waals surface area contributed by atoms with Gasteiger partial charge in [0.2, 0.25) is 11.8 Å². The molecule has 0 aliphatic rings. The van der Waals surface area contributed by atoms with Gasteiger partial charge in [-0.05, 0) is 82.6 Å². The van der Waals surface area contributed by atoms with Crippen LogP contribution >= 0.6 is 23.2 Å². The molecule has 0 aliphatic heterocycles. The first kappa shape index (κ1) is 31.4. The number of amides is 2. The Bertz CT molecular complexity index is 1470. The first-order chi connectivity index (χ1) is 18.6. The molecule has 1 atom stereocenters. The van der Waals surface area contributed by atoms with Gasteiger partial charge in [-0.3, -0.25) is 13.9 Å². The van der Waals surface area contributed by atoms with Crippen LogP contribution in [0.1, 0.15) is 38.8 Å². The molecule has 0 spiro atoms. The highest BCUT2D eigenvalue weighted by Gasteiger charge is 2.34. The van der Waals surface area contributed by atoms with Gasteiger partial charge in [-0.1, -0.05) is 53.0 Å². The molecular formula is C29H32Cl2FN3O4S. The van der Waals surface area contributed by atoms with Crippen molar-refractivity contribution in [3.63, 3.8) is 0 Å². The molecule has 0 bridgehead atoms. The Morgan fingerprint density at radius 3 is 2.15 bits per heavy atom. The quantitative estimate of drug-likeness (QED) is 0.325. The van der Waals surface area contributed by atoms with Crippen LogP contribution in [0.25, 0.3) is 0 Å². The Kier molecular flexibility index (Phi) is 9.87. The summed E-state index contributed by atoms with van der Waals surface area (Å²) in [5.74, 6) is -1.56. The fraction of sp³-hybridized carbons (Fsp3) is 0.310. The number of hydrogen-bond acceptors (Lipinski definition) is 4. The lowest BCUT2D eigenvalue weighted by atomic mass is 10.1. The van der Waals surface area contributed by atoms with Gasteiger partial charge in [0.15, 0.2) is 0 Å². The van der Waals surface area contributed by atoms with Crippen molar-refractivity contribution >= 4 is 50.7 Å². The molecule has 0 saturated carbocycles. The maximum Gasteiger partial charge on any atom is 0.264 e. The van der Waals surface area contributed by atoms with E-state index in [4.69, 9.17) is 23.2 Å². The van der Waals surface area contributed by atoms with E-state index in [1.165, 1.54) is 59.5 Å². The molecule has 3 aromatic rings. The van der Waals surface area contributed by atoms with E-state index in [1.54, 1.807) is 39.8 Å². The Balaban J connectivity index is 2.08. The van der Waals surface area contributed by atoms with E-state index < -0.39 is 45.8 Å². The van der Waals surface area contributed by atoms with Crippen LogP contribution in [-0.4, -0.2) is 43.3 Å². The van der Waals surface area contributed by atoms with E-state index in [1.807, 2.05) is 6.92 Å². The lowest BCUT2D eigenvalue weighted by Crippen LogP contribution is -2.54. The van der Waals surface area contributed by atoms with Crippen LogP contribution in [0.2, 0.25) is 10.0 Å². The summed E-state index contributed by atoms with van der Waals surface area (Å²) in [5.41, 5.74) is 0.840. The van der Waals surface area contributed by atoms with Gasteiger partial charge in [-0.25, -0.2) is 12.8 Å². The Labute approximate surface area is 244 Å². The molecule has 40 heavy (non-hydrogen) atoms. The first-order valence-electron chi connectivity index (χ1n) is 12.5. The first-order valence-corrected chi connectivity index (χ1v) is 14.7. The molecule has 0 aliphatic carbocycles. The normalized spacial score (nSPS) is 12.5. The molecule has 0 heterocycles. The van der Waals surface area contributed by atoms with Crippen LogP contribution in [-0.2, 0) is 26.2 Å². The number of nitrogens with zero attached hydrogens (tertiary/aromatic N) is 2. The Hall–Kier alpha value is -3.14. The van der Waals surface area contributed by atoms with Crippen LogP contribution in [0.5, 0.6) is 0 Å². The minimum atomic E-state index is -4.30. The Morgan fingerprint density at radius 1 is 0.975 bits per heavy atom. The van der Waals surface area contributed by atoms with E-state index in [-0.39, 0.29) is 27.2 Å². The average molecular weight is 609 g/mol. The maximum atomic E-state index is 13.9. The van der Waals surface area contributed by atoms with Crippen molar-refractivity contribution in [2.45, 2.75) is 57.6 Å². The molecule has 1 N–H and O–H groups in total. The van der Waals surface area contributed by atoms with Crippen LogP contribution < -0.4 is 9.62 Å². The summed E-state index contributed by atoms with van der Waals surface area (Å²) in [6.07, 6.45) is 0. The largest absolute Gasteiger partial charge is 0.350 e. The van der Waals surface area contributed by atoms with E-state index in [0.29, 0.717) is 5.56 Å². The second-order valence-electron chi connectivity index (χ2n) is 10.5. The maximum absolute atomic E-state index is 13.9. The number of carbonyl (C=O) groups is 2. The SMILES string of the molecule is Cc1ccc(S(=O)(=O)N(CC(=O)N(Cc2ccc(F)cc2)[C@H](C)C(=O)NC(C)(C)C)c2cc(Cl)ccc2Cl)cc1. The molecule has 7 nitrogen and oxygen atoms in total. The topological polar surface area (TPSA) is 86.8 Å². The van der Waals surface area contributed by atoms with Crippen molar-refractivity contribution in [1.29, 1.82) is 0 Å². The zero-order valence-electron chi connectivity index (χ0n) is 22.9. The summed E-state index contributed by atoms with van der Waals surface area (Å²) in [6.45, 7) is 8.04. The van der Waals surface area contributed by atoms with Crippen LogP contribution in [0.3, 0.4) is 0 Å². The smallest absolute Gasteiger partial charge is 0.264 e. The predicted molar refractivity (Wildman–Crippen MR) is 156 cm³/mol. The summed E-state index contributed by atoms with van der Waals surface area (Å²) in [6, 6.07) is 15.0.